The van der Waals surface area contributed by atoms with E-state index in [-0.39, 0.29) is 29.8 Å². The van der Waals surface area contributed by atoms with Gasteiger partial charge in [0.05, 0.1) is 14.2 Å². The van der Waals surface area contributed by atoms with E-state index in [2.05, 4.69) is 10.6 Å². The molecule has 3 atom stereocenters. The number of nitrogens with one attached hydrogen (secondary N) is 2. The molecule has 0 aromatic heterocycles. The van der Waals surface area contributed by atoms with E-state index < -0.39 is 0 Å². The summed E-state index contributed by atoms with van der Waals surface area (Å²) >= 11 is 0. The van der Waals surface area contributed by atoms with Crippen LogP contribution in [-0.4, -0.2) is 44.7 Å². The van der Waals surface area contributed by atoms with E-state index in [9.17, 15) is 9.59 Å². The van der Waals surface area contributed by atoms with Crippen LogP contribution in [0.5, 0.6) is 11.5 Å². The number of hydrogen-bond acceptors (Lipinski definition) is 5. The van der Waals surface area contributed by atoms with Crippen LogP contribution < -0.4 is 25.8 Å². The first-order valence-corrected chi connectivity index (χ1v) is 9.25. The molecule has 1 aromatic carbocycles. The predicted octanol–water partition coefficient (Wildman–Crippen LogP) is 1.95. The molecule has 7 nitrogen and oxygen atoms in total. The van der Waals surface area contributed by atoms with Gasteiger partial charge in [0.25, 0.3) is 5.91 Å². The summed E-state index contributed by atoms with van der Waals surface area (Å²) in [6, 6.07) is 4.33. The van der Waals surface area contributed by atoms with Gasteiger partial charge in [-0.2, -0.15) is 0 Å². The molecule has 0 aliphatic rings. The third-order valence-electron chi connectivity index (χ3n) is 4.37. The van der Waals surface area contributed by atoms with Crippen LogP contribution in [0.25, 0.3) is 0 Å². The minimum atomic E-state index is -0.346. The summed E-state index contributed by atoms with van der Waals surface area (Å²) < 4.78 is 10.4. The van der Waals surface area contributed by atoms with Gasteiger partial charge in [-0.25, -0.2) is 0 Å². The lowest BCUT2D eigenvalue weighted by molar-refractivity contribution is -0.125. The quantitative estimate of drug-likeness (QED) is 0.577. The molecule has 0 aliphatic carbocycles. The summed E-state index contributed by atoms with van der Waals surface area (Å²) in [6.45, 7) is 8.40. The molecule has 0 radical (unpaired) electrons. The lowest BCUT2D eigenvalue weighted by Gasteiger charge is -2.24. The van der Waals surface area contributed by atoms with Crippen LogP contribution in [-0.2, 0) is 4.79 Å². The van der Waals surface area contributed by atoms with Gasteiger partial charge in [-0.05, 0) is 31.4 Å². The zero-order chi connectivity index (χ0) is 20.6. The van der Waals surface area contributed by atoms with Crippen molar-refractivity contribution < 1.29 is 19.1 Å². The van der Waals surface area contributed by atoms with Crippen molar-refractivity contribution in [3.8, 4) is 11.5 Å². The van der Waals surface area contributed by atoms with Gasteiger partial charge >= 0.3 is 0 Å². The van der Waals surface area contributed by atoms with Crippen molar-refractivity contribution in [3.05, 3.63) is 23.8 Å². The minimum Gasteiger partial charge on any atom is -0.497 e. The first kappa shape index (κ1) is 22.8. The smallest absolute Gasteiger partial charge is 0.251 e. The summed E-state index contributed by atoms with van der Waals surface area (Å²) in [6.07, 6.45) is 0.479. The first-order chi connectivity index (χ1) is 12.7. The Balaban J connectivity index is 2.65. The molecular weight excluding hydrogens is 346 g/mol. The molecule has 7 heteroatoms. The largest absolute Gasteiger partial charge is 0.497 e. The SMILES string of the molecule is COc1cc(OC)cc(C(=O)N[C@@H](C)[C@@H](N)C[C@@H](C)C(=O)NCC(C)C)c1. The molecule has 0 spiro atoms. The molecule has 1 aromatic rings. The number of hydrogen-bond donors (Lipinski definition) is 3. The molecule has 2 amide bonds. The van der Waals surface area contributed by atoms with Crippen molar-refractivity contribution in [2.75, 3.05) is 20.8 Å². The third kappa shape index (κ3) is 7.46. The van der Waals surface area contributed by atoms with Gasteiger partial charge in [-0.3, -0.25) is 9.59 Å². The molecule has 0 aliphatic heterocycles. The molecule has 0 bridgehead atoms. The highest BCUT2D eigenvalue weighted by Crippen LogP contribution is 2.22. The number of carbonyl (C=O) groups excluding carboxylic acids is 2. The molecule has 0 fully saturated rings. The van der Waals surface area contributed by atoms with Crippen molar-refractivity contribution >= 4 is 11.8 Å². The lowest BCUT2D eigenvalue weighted by atomic mass is 9.96. The number of benzene rings is 1. The Bertz CT molecular complexity index is 611. The summed E-state index contributed by atoms with van der Waals surface area (Å²) in [5, 5.41) is 5.79. The fraction of sp³-hybridized carbons (Fsp3) is 0.600. The van der Waals surface area contributed by atoms with Crippen LogP contribution >= 0.6 is 0 Å². The van der Waals surface area contributed by atoms with Gasteiger partial charge in [0.1, 0.15) is 11.5 Å². The first-order valence-electron chi connectivity index (χ1n) is 9.25. The highest BCUT2D eigenvalue weighted by Gasteiger charge is 2.22. The van der Waals surface area contributed by atoms with E-state index in [4.69, 9.17) is 15.2 Å². The Morgan fingerprint density at radius 2 is 1.59 bits per heavy atom. The van der Waals surface area contributed by atoms with Gasteiger partial charge in [0.2, 0.25) is 5.91 Å². The van der Waals surface area contributed by atoms with Gasteiger partial charge in [-0.15, -0.1) is 0 Å². The van der Waals surface area contributed by atoms with Crippen LogP contribution in [0.3, 0.4) is 0 Å². The van der Waals surface area contributed by atoms with E-state index in [1.54, 1.807) is 18.2 Å². The molecule has 1 rings (SSSR count). The topological polar surface area (TPSA) is 103 Å². The van der Waals surface area contributed by atoms with Crippen LogP contribution in [0.2, 0.25) is 0 Å². The number of ether oxygens (including phenoxy) is 2. The third-order valence-corrected chi connectivity index (χ3v) is 4.37. The fourth-order valence-electron chi connectivity index (χ4n) is 2.53. The number of amides is 2. The Kier molecular flexibility index (Phi) is 9.08. The molecule has 0 saturated carbocycles. The van der Waals surface area contributed by atoms with Gasteiger partial charge < -0.3 is 25.8 Å². The number of carbonyl (C=O) groups is 2. The van der Waals surface area contributed by atoms with Crippen molar-refractivity contribution in [2.45, 2.75) is 46.2 Å². The van der Waals surface area contributed by atoms with E-state index >= 15 is 0 Å². The highest BCUT2D eigenvalue weighted by molar-refractivity contribution is 5.95. The Morgan fingerprint density at radius 1 is 1.04 bits per heavy atom. The Morgan fingerprint density at radius 3 is 2.07 bits per heavy atom. The maximum absolute atomic E-state index is 12.5. The Hall–Kier alpha value is -2.28. The molecule has 27 heavy (non-hydrogen) atoms. The van der Waals surface area contributed by atoms with Gasteiger partial charge in [-0.1, -0.05) is 20.8 Å². The van der Waals surface area contributed by atoms with Crippen LogP contribution in [0, 0.1) is 11.8 Å². The molecule has 4 N–H and O–H groups in total. The van der Waals surface area contributed by atoms with Crippen LogP contribution in [0.1, 0.15) is 44.5 Å². The monoisotopic (exact) mass is 379 g/mol. The standard InChI is InChI=1S/C20H33N3O4/c1-12(2)11-22-19(24)13(3)7-18(21)14(4)23-20(25)15-8-16(26-5)10-17(9-15)27-6/h8-10,12-14,18H,7,11,21H2,1-6H3,(H,22,24)(H,23,25)/t13-,14+,18+/m1/s1. The van der Waals surface area contributed by atoms with Crippen molar-refractivity contribution in [1.82, 2.24) is 10.6 Å². The molecule has 0 unspecified atom stereocenters. The number of methoxy groups -OCH3 is 2. The maximum Gasteiger partial charge on any atom is 0.251 e. The normalized spacial score (nSPS) is 14.2. The molecule has 0 saturated heterocycles. The highest BCUT2D eigenvalue weighted by atomic mass is 16.5. The van der Waals surface area contributed by atoms with Crippen molar-refractivity contribution in [2.24, 2.45) is 17.6 Å². The van der Waals surface area contributed by atoms with Gasteiger partial charge in [0, 0.05) is 36.2 Å². The summed E-state index contributed by atoms with van der Waals surface area (Å²) in [5.41, 5.74) is 6.63. The van der Waals surface area contributed by atoms with Crippen molar-refractivity contribution in [1.29, 1.82) is 0 Å². The second kappa shape index (κ2) is 10.8. The zero-order valence-corrected chi connectivity index (χ0v) is 17.2. The second-order valence-corrected chi connectivity index (χ2v) is 7.30. The number of nitrogens with two attached hydrogens (primary N) is 1. The Labute approximate surface area is 162 Å². The average Bonchev–Trinajstić information content (AvgIpc) is 2.64. The summed E-state index contributed by atoms with van der Waals surface area (Å²) in [4.78, 5) is 24.6. The maximum atomic E-state index is 12.5. The number of rotatable bonds is 10. The lowest BCUT2D eigenvalue weighted by Crippen LogP contribution is -2.47. The summed E-state index contributed by atoms with van der Waals surface area (Å²) in [5.74, 6) is 0.948. The van der Waals surface area contributed by atoms with Crippen LogP contribution in [0.15, 0.2) is 18.2 Å². The summed E-state index contributed by atoms with van der Waals surface area (Å²) in [7, 11) is 3.06. The van der Waals surface area contributed by atoms with E-state index in [1.165, 1.54) is 14.2 Å². The van der Waals surface area contributed by atoms with Gasteiger partial charge in [0.15, 0.2) is 0 Å². The fourth-order valence-corrected chi connectivity index (χ4v) is 2.53. The molecule has 152 valence electrons. The predicted molar refractivity (Wildman–Crippen MR) is 106 cm³/mol. The van der Waals surface area contributed by atoms with E-state index in [0.29, 0.717) is 35.9 Å². The zero-order valence-electron chi connectivity index (χ0n) is 17.2. The van der Waals surface area contributed by atoms with Crippen molar-refractivity contribution in [3.63, 3.8) is 0 Å². The van der Waals surface area contributed by atoms with E-state index in [1.807, 2.05) is 27.7 Å². The minimum absolute atomic E-state index is 0.0183. The second-order valence-electron chi connectivity index (χ2n) is 7.30. The van der Waals surface area contributed by atoms with E-state index in [0.717, 1.165) is 0 Å². The molecular formula is C20H33N3O4. The average molecular weight is 380 g/mol. The van der Waals surface area contributed by atoms with Crippen LogP contribution in [0.4, 0.5) is 0 Å². The molecule has 0 heterocycles.